The van der Waals surface area contributed by atoms with E-state index in [-0.39, 0.29) is 0 Å². The fourth-order valence-electron chi connectivity index (χ4n) is 6.96. The topological polar surface area (TPSA) is 78.6 Å². The van der Waals surface area contributed by atoms with Crippen LogP contribution in [0.5, 0.6) is 0 Å². The molecule has 0 unspecified atom stereocenters. The maximum Gasteiger partial charge on any atom is 0.231 e. The van der Waals surface area contributed by atoms with E-state index in [4.69, 9.17) is 21.6 Å². The number of nitrogens with one attached hydrogen (secondary N) is 3. The average molecular weight is 632 g/mol. The molecule has 0 amide bonds. The van der Waals surface area contributed by atoms with Crippen LogP contribution in [0.2, 0.25) is 5.02 Å². The zero-order chi connectivity index (χ0) is 30.2. The average Bonchev–Trinajstić information content (AvgIpc) is 3.65. The Balaban J connectivity index is 1.10. The highest BCUT2D eigenvalue weighted by molar-refractivity contribution is 8.00. The zero-order valence-corrected chi connectivity index (χ0v) is 27.4. The van der Waals surface area contributed by atoms with Crippen molar-refractivity contribution < 1.29 is 0 Å². The van der Waals surface area contributed by atoms with Crippen molar-refractivity contribution in [2.45, 2.75) is 38.6 Å². The summed E-state index contributed by atoms with van der Waals surface area (Å²) in [5.41, 5.74) is 7.85. The summed E-state index contributed by atoms with van der Waals surface area (Å²) in [6.07, 6.45) is 8.30. The van der Waals surface area contributed by atoms with Gasteiger partial charge in [0.05, 0.1) is 21.8 Å². The Hall–Kier alpha value is -3.18. The number of rotatable bonds is 8. The van der Waals surface area contributed by atoms with Crippen LogP contribution in [0.1, 0.15) is 30.9 Å². The van der Waals surface area contributed by atoms with E-state index in [1.807, 2.05) is 0 Å². The van der Waals surface area contributed by atoms with Crippen molar-refractivity contribution in [2.75, 3.05) is 79.0 Å². The number of fused-ring (bicyclic) bond motifs is 2. The van der Waals surface area contributed by atoms with Crippen LogP contribution in [-0.2, 0) is 12.8 Å². The van der Waals surface area contributed by atoms with Gasteiger partial charge in [-0.05, 0) is 68.1 Å². The minimum absolute atomic E-state index is 0.531. The van der Waals surface area contributed by atoms with E-state index in [0.717, 1.165) is 49.2 Å². The molecule has 4 aromatic rings. The molecule has 5 heterocycles. The second kappa shape index (κ2) is 12.7. The van der Waals surface area contributed by atoms with Crippen molar-refractivity contribution in [3.63, 3.8) is 0 Å². The number of piperazine rings is 1. The van der Waals surface area contributed by atoms with Crippen molar-refractivity contribution in [1.29, 1.82) is 0 Å². The molecule has 3 aliphatic heterocycles. The van der Waals surface area contributed by atoms with Crippen LogP contribution in [0.3, 0.4) is 0 Å². The van der Waals surface area contributed by atoms with Gasteiger partial charge < -0.3 is 29.7 Å². The number of piperidine rings is 1. The minimum Gasteiger partial charge on any atom is -0.371 e. The molecule has 3 aliphatic rings. The van der Waals surface area contributed by atoms with Gasteiger partial charge in [0.1, 0.15) is 11.5 Å². The summed E-state index contributed by atoms with van der Waals surface area (Å²) in [6, 6.07) is 13.9. The lowest BCUT2D eigenvalue weighted by atomic mass is 10.0. The fraction of sp³-hybridized carbons (Fsp3) is 0.455. The molecule has 2 aromatic heterocycles. The van der Waals surface area contributed by atoms with Gasteiger partial charge in [0, 0.05) is 75.7 Å². The Labute approximate surface area is 269 Å². The summed E-state index contributed by atoms with van der Waals surface area (Å²) in [5, 5.41) is 8.53. The number of H-pyrrole nitrogens is 1. The van der Waals surface area contributed by atoms with Gasteiger partial charge in [-0.3, -0.25) is 4.90 Å². The number of halogens is 1. The van der Waals surface area contributed by atoms with E-state index in [9.17, 15) is 0 Å². The molecule has 0 bridgehead atoms. The Bertz CT molecular complexity index is 1630. The third-order valence-corrected chi connectivity index (χ3v) is 10.6. The second-order valence-electron chi connectivity index (χ2n) is 12.1. The van der Waals surface area contributed by atoms with Crippen LogP contribution in [0.15, 0.2) is 42.6 Å². The summed E-state index contributed by atoms with van der Waals surface area (Å²) in [5.74, 6) is 1.21. The van der Waals surface area contributed by atoms with E-state index in [1.165, 1.54) is 61.5 Å². The number of benzene rings is 2. The Kier molecular flexibility index (Phi) is 8.50. The number of anilines is 6. The largest absolute Gasteiger partial charge is 0.371 e. The fourth-order valence-corrected chi connectivity index (χ4v) is 7.87. The molecule has 2 fully saturated rings. The molecule has 44 heavy (non-hydrogen) atoms. The van der Waals surface area contributed by atoms with Crippen molar-refractivity contribution >= 4 is 69.1 Å². The second-order valence-corrected chi connectivity index (χ2v) is 13.3. The number of hydrogen-bond acceptors (Lipinski definition) is 9. The summed E-state index contributed by atoms with van der Waals surface area (Å²) in [7, 11) is 2.23. The smallest absolute Gasteiger partial charge is 0.231 e. The molecule has 0 radical (unpaired) electrons. The van der Waals surface area contributed by atoms with Gasteiger partial charge >= 0.3 is 0 Å². The molecule has 7 rings (SSSR count). The molecule has 0 saturated carbocycles. The lowest BCUT2D eigenvalue weighted by Crippen LogP contribution is -2.52. The first-order valence-electron chi connectivity index (χ1n) is 15.8. The van der Waals surface area contributed by atoms with Crippen LogP contribution in [-0.4, -0.2) is 89.9 Å². The van der Waals surface area contributed by atoms with Gasteiger partial charge in [-0.1, -0.05) is 42.6 Å². The van der Waals surface area contributed by atoms with E-state index in [0.29, 0.717) is 28.5 Å². The highest BCUT2D eigenvalue weighted by atomic mass is 35.5. The number of para-hydroxylation sites is 1. The first kappa shape index (κ1) is 29.5. The molecule has 0 spiro atoms. The highest BCUT2D eigenvalue weighted by Gasteiger charge is 2.27. The van der Waals surface area contributed by atoms with Gasteiger partial charge in [-0.25, -0.2) is 0 Å². The van der Waals surface area contributed by atoms with Crippen LogP contribution >= 0.6 is 23.5 Å². The number of aryl methyl sites for hydroxylation is 1. The molecular weight excluding hydrogens is 590 g/mol. The SMILES string of the molecule is CCc1cc(N2CCC(N3CCN(C)CC3)CC2)ccc1Nc1nc(Nc2cccc3c2N(SC)CC3)c2c(Cl)c[nH]c2n1. The lowest BCUT2D eigenvalue weighted by Gasteiger charge is -2.42. The van der Waals surface area contributed by atoms with Crippen molar-refractivity contribution in [2.24, 2.45) is 0 Å². The van der Waals surface area contributed by atoms with Crippen LogP contribution < -0.4 is 19.8 Å². The number of aromatic nitrogens is 3. The Morgan fingerprint density at radius 2 is 1.80 bits per heavy atom. The zero-order valence-electron chi connectivity index (χ0n) is 25.9. The molecule has 0 atom stereocenters. The number of aromatic amines is 1. The highest BCUT2D eigenvalue weighted by Crippen LogP contribution is 2.41. The molecule has 232 valence electrons. The van der Waals surface area contributed by atoms with Gasteiger partial charge in [0.25, 0.3) is 0 Å². The lowest BCUT2D eigenvalue weighted by molar-refractivity contribution is 0.0982. The molecular formula is C33H42ClN9S. The Morgan fingerprint density at radius 3 is 2.57 bits per heavy atom. The van der Waals surface area contributed by atoms with E-state index in [2.05, 4.69) is 91.2 Å². The monoisotopic (exact) mass is 631 g/mol. The molecule has 11 heteroatoms. The van der Waals surface area contributed by atoms with Gasteiger partial charge in [-0.2, -0.15) is 9.97 Å². The quantitative estimate of drug-likeness (QED) is 0.188. The van der Waals surface area contributed by atoms with E-state index in [1.54, 1.807) is 18.1 Å². The maximum atomic E-state index is 6.63. The summed E-state index contributed by atoms with van der Waals surface area (Å²) < 4.78 is 2.33. The summed E-state index contributed by atoms with van der Waals surface area (Å²) >= 11 is 8.38. The van der Waals surface area contributed by atoms with Gasteiger partial charge in [-0.15, -0.1) is 0 Å². The molecule has 0 aliphatic carbocycles. The number of hydrogen-bond donors (Lipinski definition) is 3. The van der Waals surface area contributed by atoms with Crippen molar-refractivity contribution in [3.8, 4) is 0 Å². The van der Waals surface area contributed by atoms with Gasteiger partial charge in [0.15, 0.2) is 0 Å². The molecule has 2 aromatic carbocycles. The van der Waals surface area contributed by atoms with Gasteiger partial charge in [0.2, 0.25) is 5.95 Å². The number of nitrogens with zero attached hydrogens (tertiary/aromatic N) is 6. The maximum absolute atomic E-state index is 6.63. The summed E-state index contributed by atoms with van der Waals surface area (Å²) in [6.45, 7) is 10.2. The third-order valence-electron chi connectivity index (χ3n) is 9.51. The van der Waals surface area contributed by atoms with Crippen molar-refractivity contribution in [3.05, 3.63) is 58.7 Å². The van der Waals surface area contributed by atoms with E-state index < -0.39 is 0 Å². The molecule has 2 saturated heterocycles. The normalized spacial score (nSPS) is 18.3. The van der Waals surface area contributed by atoms with Crippen LogP contribution in [0.4, 0.5) is 34.5 Å². The number of likely N-dealkylation sites (N-methyl/N-ethyl adjacent to an activating group) is 1. The standard InChI is InChI=1S/C33H42ClN9S/c1-4-22-20-25(41-13-11-24(12-14-41)42-18-16-40(2)17-19-42)8-9-27(22)37-33-38-31-29(26(34)21-35-31)32(39-33)36-28-7-5-6-23-10-15-43(44-3)30(23)28/h5-9,20-21,24H,4,10-19H2,1-3H3,(H3,35,36,37,38,39). The molecule has 9 nitrogen and oxygen atoms in total. The van der Waals surface area contributed by atoms with Crippen LogP contribution in [0.25, 0.3) is 11.0 Å². The predicted octanol–water partition coefficient (Wildman–Crippen LogP) is 6.52. The minimum atomic E-state index is 0.531. The first-order valence-corrected chi connectivity index (χ1v) is 17.4. The van der Waals surface area contributed by atoms with Crippen molar-refractivity contribution in [1.82, 2.24) is 24.8 Å². The third kappa shape index (κ3) is 5.80. The van der Waals surface area contributed by atoms with E-state index >= 15 is 0 Å². The van der Waals surface area contributed by atoms with Crippen LogP contribution in [0, 0.1) is 0 Å². The summed E-state index contributed by atoms with van der Waals surface area (Å²) in [4.78, 5) is 20.7. The first-order chi connectivity index (χ1) is 21.5. The predicted molar refractivity (Wildman–Crippen MR) is 187 cm³/mol. The molecule has 3 N–H and O–H groups in total. The Morgan fingerprint density at radius 1 is 0.977 bits per heavy atom.